The van der Waals surface area contributed by atoms with E-state index in [0.29, 0.717) is 16.5 Å². The van der Waals surface area contributed by atoms with Gasteiger partial charge in [0.15, 0.2) is 0 Å². The molecule has 1 aromatic heterocycles. The Morgan fingerprint density at radius 1 is 1.29 bits per heavy atom. The Morgan fingerprint density at radius 3 is 2.86 bits per heavy atom. The van der Waals surface area contributed by atoms with Crippen molar-refractivity contribution < 1.29 is 14.0 Å². The second-order valence-electron chi connectivity index (χ2n) is 4.37. The van der Waals surface area contributed by atoms with E-state index in [1.807, 2.05) is 12.1 Å². The molecule has 1 aromatic carbocycles. The van der Waals surface area contributed by atoms with Crippen LogP contribution in [0.5, 0.6) is 0 Å². The highest BCUT2D eigenvalue weighted by Gasteiger charge is 2.25. The van der Waals surface area contributed by atoms with Gasteiger partial charge >= 0.3 is 6.03 Å². The highest BCUT2D eigenvalue weighted by Crippen LogP contribution is 2.24. The first-order chi connectivity index (χ1) is 10.1. The third kappa shape index (κ3) is 2.95. The van der Waals surface area contributed by atoms with Gasteiger partial charge in [-0.15, -0.1) is 0 Å². The Hall–Kier alpha value is -2.60. The first-order valence-electron chi connectivity index (χ1n) is 6.13. The van der Waals surface area contributed by atoms with Crippen molar-refractivity contribution in [2.75, 3.05) is 6.54 Å². The van der Waals surface area contributed by atoms with Gasteiger partial charge in [0.25, 0.3) is 0 Å². The van der Waals surface area contributed by atoms with Crippen LogP contribution in [0.1, 0.15) is 5.76 Å². The number of nitrogens with zero attached hydrogens (tertiary/aromatic N) is 2. The zero-order valence-electron chi connectivity index (χ0n) is 10.7. The number of hydrogen-bond donors (Lipinski definition) is 1. The number of imide groups is 1. The van der Waals surface area contributed by atoms with Crippen molar-refractivity contribution in [2.45, 2.75) is 0 Å². The molecule has 0 unspecified atom stereocenters. The number of benzene rings is 1. The average molecular weight is 304 g/mol. The van der Waals surface area contributed by atoms with E-state index >= 15 is 0 Å². The zero-order valence-corrected chi connectivity index (χ0v) is 11.5. The number of hydrazone groups is 1. The minimum absolute atomic E-state index is 0.0861. The standard InChI is InChI=1S/C14H10ClN3O3/c15-10-3-1-2-9(6-10)12-5-4-11(21-12)7-16-18-8-13(19)17-14(18)20/h1-7H,8H2,(H,17,19,20)/b16-7-. The molecule has 1 aliphatic rings. The topological polar surface area (TPSA) is 74.9 Å². The van der Waals surface area contributed by atoms with E-state index < -0.39 is 6.03 Å². The van der Waals surface area contributed by atoms with Crippen LogP contribution >= 0.6 is 11.6 Å². The predicted molar refractivity (Wildman–Crippen MR) is 77.0 cm³/mol. The molecule has 2 heterocycles. The van der Waals surface area contributed by atoms with Crippen molar-refractivity contribution >= 4 is 29.8 Å². The van der Waals surface area contributed by atoms with Gasteiger partial charge in [-0.2, -0.15) is 5.10 Å². The lowest BCUT2D eigenvalue weighted by atomic mass is 10.2. The predicted octanol–water partition coefficient (Wildman–Crippen LogP) is 2.49. The van der Waals surface area contributed by atoms with Gasteiger partial charge in [-0.1, -0.05) is 23.7 Å². The lowest BCUT2D eigenvalue weighted by Crippen LogP contribution is -2.24. The maximum atomic E-state index is 11.3. The molecule has 21 heavy (non-hydrogen) atoms. The summed E-state index contributed by atoms with van der Waals surface area (Å²) in [6.07, 6.45) is 1.38. The monoisotopic (exact) mass is 303 g/mol. The molecule has 0 radical (unpaired) electrons. The summed E-state index contributed by atoms with van der Waals surface area (Å²) in [6, 6.07) is 10.2. The molecular formula is C14H10ClN3O3. The molecule has 0 atom stereocenters. The molecule has 7 heteroatoms. The van der Waals surface area contributed by atoms with Gasteiger partial charge in [0.1, 0.15) is 18.1 Å². The van der Waals surface area contributed by atoms with Crippen molar-refractivity contribution in [1.29, 1.82) is 0 Å². The summed E-state index contributed by atoms with van der Waals surface area (Å²) in [4.78, 5) is 22.3. The zero-order chi connectivity index (χ0) is 14.8. The maximum Gasteiger partial charge on any atom is 0.344 e. The van der Waals surface area contributed by atoms with Gasteiger partial charge in [-0.25, -0.2) is 9.80 Å². The highest BCUT2D eigenvalue weighted by atomic mass is 35.5. The summed E-state index contributed by atoms with van der Waals surface area (Å²) < 4.78 is 5.60. The van der Waals surface area contributed by atoms with E-state index in [9.17, 15) is 9.59 Å². The van der Waals surface area contributed by atoms with Crippen LogP contribution < -0.4 is 5.32 Å². The number of rotatable bonds is 3. The fourth-order valence-corrected chi connectivity index (χ4v) is 2.06. The number of halogens is 1. The van der Waals surface area contributed by atoms with Crippen molar-refractivity contribution in [1.82, 2.24) is 10.3 Å². The van der Waals surface area contributed by atoms with Crippen LogP contribution in [0.4, 0.5) is 4.79 Å². The Bertz CT molecular complexity index is 739. The number of nitrogens with one attached hydrogen (secondary N) is 1. The van der Waals surface area contributed by atoms with Crippen LogP contribution in [0.25, 0.3) is 11.3 Å². The van der Waals surface area contributed by atoms with Gasteiger partial charge in [0.05, 0.1) is 6.21 Å². The van der Waals surface area contributed by atoms with Crippen molar-refractivity contribution in [3.05, 3.63) is 47.2 Å². The maximum absolute atomic E-state index is 11.3. The summed E-state index contributed by atoms with van der Waals surface area (Å²) in [6.45, 7) is -0.0861. The average Bonchev–Trinajstić information content (AvgIpc) is 3.03. The van der Waals surface area contributed by atoms with Gasteiger partial charge in [0, 0.05) is 10.6 Å². The first kappa shape index (κ1) is 13.4. The lowest BCUT2D eigenvalue weighted by molar-refractivity contribution is -0.118. The minimum Gasteiger partial charge on any atom is -0.455 e. The minimum atomic E-state index is -0.544. The van der Waals surface area contributed by atoms with E-state index in [0.717, 1.165) is 10.6 Å². The quantitative estimate of drug-likeness (QED) is 0.699. The van der Waals surface area contributed by atoms with Crippen LogP contribution in [0.15, 0.2) is 45.9 Å². The molecule has 1 N–H and O–H groups in total. The lowest BCUT2D eigenvalue weighted by Gasteiger charge is -2.02. The smallest absolute Gasteiger partial charge is 0.344 e. The molecule has 0 spiro atoms. The van der Waals surface area contributed by atoms with Crippen LogP contribution in [0.2, 0.25) is 5.02 Å². The molecule has 0 saturated carbocycles. The molecular weight excluding hydrogens is 294 g/mol. The Balaban J connectivity index is 1.76. The molecule has 2 aromatic rings. The first-order valence-corrected chi connectivity index (χ1v) is 6.51. The SMILES string of the molecule is O=C1CN(/N=C\c2ccc(-c3cccc(Cl)c3)o2)C(=O)N1. The number of hydrogen-bond acceptors (Lipinski definition) is 4. The van der Waals surface area contributed by atoms with Crippen LogP contribution in [-0.4, -0.2) is 29.7 Å². The fourth-order valence-electron chi connectivity index (χ4n) is 1.87. The molecule has 6 nitrogen and oxygen atoms in total. The molecule has 0 bridgehead atoms. The molecule has 106 valence electrons. The highest BCUT2D eigenvalue weighted by molar-refractivity contribution is 6.30. The van der Waals surface area contributed by atoms with E-state index in [4.69, 9.17) is 16.0 Å². The van der Waals surface area contributed by atoms with E-state index in [2.05, 4.69) is 10.4 Å². The molecule has 3 rings (SSSR count). The van der Waals surface area contributed by atoms with Crippen molar-refractivity contribution in [2.24, 2.45) is 5.10 Å². The van der Waals surface area contributed by atoms with Crippen molar-refractivity contribution in [3.63, 3.8) is 0 Å². The number of carbonyl (C=O) groups is 2. The Morgan fingerprint density at radius 2 is 2.14 bits per heavy atom. The summed E-state index contributed by atoms with van der Waals surface area (Å²) in [7, 11) is 0. The van der Waals surface area contributed by atoms with Crippen LogP contribution in [0, 0.1) is 0 Å². The number of amides is 3. The number of furan rings is 1. The number of urea groups is 1. The van der Waals surface area contributed by atoms with Crippen LogP contribution in [-0.2, 0) is 4.79 Å². The normalized spacial score (nSPS) is 15.0. The fraction of sp³-hybridized carbons (Fsp3) is 0.0714. The second kappa shape index (κ2) is 5.41. The summed E-state index contributed by atoms with van der Waals surface area (Å²) in [5.41, 5.74) is 0.844. The Kier molecular flexibility index (Phi) is 3.45. The summed E-state index contributed by atoms with van der Waals surface area (Å²) in [5, 5.41) is 7.68. The summed E-state index contributed by atoms with van der Waals surface area (Å²) >= 11 is 5.93. The van der Waals surface area contributed by atoms with Crippen molar-refractivity contribution in [3.8, 4) is 11.3 Å². The molecule has 0 aliphatic carbocycles. The third-order valence-electron chi connectivity index (χ3n) is 2.83. The molecule has 1 aliphatic heterocycles. The largest absolute Gasteiger partial charge is 0.455 e. The second-order valence-corrected chi connectivity index (χ2v) is 4.80. The van der Waals surface area contributed by atoms with Gasteiger partial charge < -0.3 is 4.42 Å². The van der Waals surface area contributed by atoms with E-state index in [1.54, 1.807) is 24.3 Å². The third-order valence-corrected chi connectivity index (χ3v) is 3.07. The van der Waals surface area contributed by atoms with Gasteiger partial charge in [-0.05, 0) is 24.3 Å². The van der Waals surface area contributed by atoms with E-state index in [-0.39, 0.29) is 12.5 Å². The Labute approximate surface area is 125 Å². The van der Waals surface area contributed by atoms with Gasteiger partial charge in [0.2, 0.25) is 5.91 Å². The summed E-state index contributed by atoms with van der Waals surface area (Å²) in [5.74, 6) is 0.731. The molecule has 1 saturated heterocycles. The van der Waals surface area contributed by atoms with Gasteiger partial charge in [-0.3, -0.25) is 10.1 Å². The molecule has 1 fully saturated rings. The number of carbonyl (C=O) groups excluding carboxylic acids is 2. The molecule has 3 amide bonds. The van der Waals surface area contributed by atoms with Crippen LogP contribution in [0.3, 0.4) is 0 Å². The van der Waals surface area contributed by atoms with E-state index in [1.165, 1.54) is 6.21 Å².